The Morgan fingerprint density at radius 1 is 0.861 bits per heavy atom. The van der Waals surface area contributed by atoms with E-state index in [1.54, 1.807) is 34.5 Å². The maximum absolute atomic E-state index is 12.9. The minimum atomic E-state index is -0.822. The van der Waals surface area contributed by atoms with Gasteiger partial charge in [-0.1, -0.05) is 36.4 Å². The molecule has 1 heterocycles. The molecule has 1 amide bonds. The first-order chi connectivity index (χ1) is 17.5. The Kier molecular flexibility index (Phi) is 7.72. The highest BCUT2D eigenvalue weighted by molar-refractivity contribution is 7.04. The van der Waals surface area contributed by atoms with Crippen LogP contribution >= 0.6 is 11.5 Å². The van der Waals surface area contributed by atoms with Crippen LogP contribution in [0.3, 0.4) is 0 Å². The van der Waals surface area contributed by atoms with Crippen molar-refractivity contribution in [3.05, 3.63) is 71.6 Å². The molecule has 4 rings (SSSR count). The van der Waals surface area contributed by atoms with Gasteiger partial charge in [0.2, 0.25) is 11.7 Å². The third-order valence-electron chi connectivity index (χ3n) is 5.72. The molecule has 1 aromatic heterocycles. The molecule has 0 aliphatic rings. The average molecular weight is 506 g/mol. The second kappa shape index (κ2) is 11.1. The Bertz CT molecular complexity index is 1330. The van der Waals surface area contributed by atoms with E-state index in [4.69, 9.17) is 24.7 Å². The predicted octanol–water partition coefficient (Wildman–Crippen LogP) is 5.15. The maximum atomic E-state index is 12.9. The van der Waals surface area contributed by atoms with E-state index in [2.05, 4.69) is 9.69 Å². The zero-order valence-electron chi connectivity index (χ0n) is 20.4. The highest BCUT2D eigenvalue weighted by Gasteiger charge is 2.21. The highest BCUT2D eigenvalue weighted by atomic mass is 32.1. The summed E-state index contributed by atoms with van der Waals surface area (Å²) >= 11 is 1.32. The Morgan fingerprint density at radius 3 is 2.14 bits per heavy atom. The van der Waals surface area contributed by atoms with E-state index >= 15 is 0 Å². The van der Waals surface area contributed by atoms with Crippen molar-refractivity contribution >= 4 is 23.1 Å². The molecule has 4 aromatic rings. The summed E-state index contributed by atoms with van der Waals surface area (Å²) in [6, 6.07) is 17.6. The average Bonchev–Trinajstić information content (AvgIpc) is 3.42. The number of nitrogens with one attached hydrogen (secondary N) is 1. The Hall–Kier alpha value is -4.08. The number of amides is 1. The Labute approximate surface area is 213 Å². The molecule has 0 radical (unpaired) electrons. The molecule has 0 aliphatic carbocycles. The smallest absolute Gasteiger partial charge is 0.245 e. The lowest BCUT2D eigenvalue weighted by Gasteiger charge is -2.16. The lowest BCUT2D eigenvalue weighted by Crippen LogP contribution is -2.27. The third-order valence-corrected chi connectivity index (χ3v) is 6.35. The summed E-state index contributed by atoms with van der Waals surface area (Å²) in [4.78, 5) is 12.9. The van der Waals surface area contributed by atoms with E-state index in [0.29, 0.717) is 28.7 Å². The standard InChI is InChI=1S/C27H27N3O5S/c1-32-21-11-10-17(12-20(21)29-27(31)24(28)16-8-6-5-7-9-16)19-15-36-30-25(19)18-13-22(33-2)26(35-4)23(14-18)34-3/h5-15,24H,28H2,1-4H3,(H,29,31)/t24-/m0/s1. The van der Waals surface area contributed by atoms with Crippen molar-refractivity contribution in [3.63, 3.8) is 0 Å². The van der Waals surface area contributed by atoms with E-state index in [1.807, 2.05) is 60.0 Å². The van der Waals surface area contributed by atoms with E-state index in [9.17, 15) is 4.79 Å². The van der Waals surface area contributed by atoms with Crippen LogP contribution in [-0.2, 0) is 4.79 Å². The van der Waals surface area contributed by atoms with Gasteiger partial charge in [0.1, 0.15) is 11.8 Å². The molecular formula is C27H27N3O5S. The molecule has 3 N–H and O–H groups in total. The van der Waals surface area contributed by atoms with E-state index < -0.39 is 6.04 Å². The van der Waals surface area contributed by atoms with Crippen molar-refractivity contribution in [2.75, 3.05) is 33.8 Å². The van der Waals surface area contributed by atoms with Crippen LogP contribution in [0.1, 0.15) is 11.6 Å². The quantitative estimate of drug-likeness (QED) is 0.324. The van der Waals surface area contributed by atoms with Crippen molar-refractivity contribution in [1.29, 1.82) is 0 Å². The van der Waals surface area contributed by atoms with Gasteiger partial charge in [-0.3, -0.25) is 4.79 Å². The number of rotatable bonds is 9. The molecule has 9 heteroatoms. The SMILES string of the molecule is COc1ccc(-c2csnc2-c2cc(OC)c(OC)c(OC)c2)cc1NC(=O)[C@@H](N)c1ccccc1. The second-order valence-electron chi connectivity index (χ2n) is 7.78. The first-order valence-corrected chi connectivity index (χ1v) is 11.9. The van der Waals surface area contributed by atoms with E-state index in [0.717, 1.165) is 27.9 Å². The van der Waals surface area contributed by atoms with Gasteiger partial charge in [0, 0.05) is 16.5 Å². The molecule has 0 unspecified atom stereocenters. The lowest BCUT2D eigenvalue weighted by molar-refractivity contribution is -0.117. The molecule has 0 saturated carbocycles. The van der Waals surface area contributed by atoms with Crippen LogP contribution in [0.15, 0.2) is 66.0 Å². The van der Waals surface area contributed by atoms with Crippen molar-refractivity contribution in [2.45, 2.75) is 6.04 Å². The maximum Gasteiger partial charge on any atom is 0.245 e. The predicted molar refractivity (Wildman–Crippen MR) is 141 cm³/mol. The number of nitrogens with zero attached hydrogens (tertiary/aromatic N) is 1. The van der Waals surface area contributed by atoms with Gasteiger partial charge in [0.25, 0.3) is 0 Å². The Balaban J connectivity index is 1.71. The van der Waals surface area contributed by atoms with Crippen LogP contribution in [0.25, 0.3) is 22.4 Å². The number of methoxy groups -OCH3 is 4. The molecule has 1 atom stereocenters. The molecule has 0 saturated heterocycles. The molecule has 0 bridgehead atoms. The number of benzene rings is 3. The summed E-state index contributed by atoms with van der Waals surface area (Å²) in [6.07, 6.45) is 0. The first kappa shape index (κ1) is 25.0. The first-order valence-electron chi connectivity index (χ1n) is 11.0. The number of carbonyl (C=O) groups is 1. The summed E-state index contributed by atoms with van der Waals surface area (Å²) in [6.45, 7) is 0. The molecule has 0 aliphatic heterocycles. The van der Waals surface area contributed by atoms with E-state index in [-0.39, 0.29) is 5.91 Å². The number of hydrogen-bond donors (Lipinski definition) is 2. The topological polar surface area (TPSA) is 105 Å². The normalized spacial score (nSPS) is 11.5. The van der Waals surface area contributed by atoms with Crippen LogP contribution in [0.2, 0.25) is 0 Å². The number of nitrogens with two attached hydrogens (primary N) is 1. The minimum absolute atomic E-state index is 0.343. The monoisotopic (exact) mass is 505 g/mol. The van der Waals surface area contributed by atoms with Gasteiger partial charge in [-0.15, -0.1) is 0 Å². The number of carbonyl (C=O) groups excluding carboxylic acids is 1. The fourth-order valence-electron chi connectivity index (χ4n) is 3.86. The summed E-state index contributed by atoms with van der Waals surface area (Å²) < 4.78 is 26.6. The van der Waals surface area contributed by atoms with Crippen molar-refractivity contribution in [3.8, 4) is 45.4 Å². The molecule has 186 valence electrons. The van der Waals surface area contributed by atoms with Gasteiger partial charge in [-0.05, 0) is 46.9 Å². The van der Waals surface area contributed by atoms with Gasteiger partial charge in [-0.25, -0.2) is 0 Å². The van der Waals surface area contributed by atoms with Crippen LogP contribution in [0.5, 0.6) is 23.0 Å². The van der Waals surface area contributed by atoms with Gasteiger partial charge < -0.3 is 30.0 Å². The zero-order chi connectivity index (χ0) is 25.7. The summed E-state index contributed by atoms with van der Waals surface area (Å²) in [5.74, 6) is 1.74. The minimum Gasteiger partial charge on any atom is -0.495 e. The van der Waals surface area contributed by atoms with Crippen LogP contribution in [0.4, 0.5) is 5.69 Å². The van der Waals surface area contributed by atoms with Gasteiger partial charge in [0.15, 0.2) is 11.5 Å². The van der Waals surface area contributed by atoms with Crippen molar-refractivity contribution in [2.24, 2.45) is 5.73 Å². The van der Waals surface area contributed by atoms with Crippen molar-refractivity contribution in [1.82, 2.24) is 4.37 Å². The molecule has 0 spiro atoms. The number of hydrogen-bond acceptors (Lipinski definition) is 8. The zero-order valence-corrected chi connectivity index (χ0v) is 21.2. The van der Waals surface area contributed by atoms with Crippen LogP contribution in [-0.4, -0.2) is 38.7 Å². The van der Waals surface area contributed by atoms with Gasteiger partial charge >= 0.3 is 0 Å². The van der Waals surface area contributed by atoms with E-state index in [1.165, 1.54) is 11.5 Å². The number of anilines is 1. The molecular weight excluding hydrogens is 478 g/mol. The fraction of sp³-hybridized carbons (Fsp3) is 0.185. The Morgan fingerprint density at radius 2 is 1.53 bits per heavy atom. The van der Waals surface area contributed by atoms with Crippen LogP contribution < -0.4 is 30.0 Å². The third kappa shape index (κ3) is 4.98. The highest BCUT2D eigenvalue weighted by Crippen LogP contribution is 2.44. The molecule has 8 nitrogen and oxygen atoms in total. The van der Waals surface area contributed by atoms with Gasteiger partial charge in [0.05, 0.1) is 39.8 Å². The summed E-state index contributed by atoms with van der Waals surface area (Å²) in [5, 5.41) is 4.86. The molecule has 3 aromatic carbocycles. The fourth-order valence-corrected chi connectivity index (χ4v) is 4.58. The molecule has 36 heavy (non-hydrogen) atoms. The van der Waals surface area contributed by atoms with Gasteiger partial charge in [-0.2, -0.15) is 4.37 Å². The molecule has 0 fully saturated rings. The lowest BCUT2D eigenvalue weighted by atomic mass is 10.00. The summed E-state index contributed by atoms with van der Waals surface area (Å²) in [7, 11) is 6.25. The largest absolute Gasteiger partial charge is 0.495 e. The second-order valence-corrected chi connectivity index (χ2v) is 8.41. The number of aromatic nitrogens is 1. The summed E-state index contributed by atoms with van der Waals surface area (Å²) in [5.41, 5.74) is 10.7. The van der Waals surface area contributed by atoms with Crippen LogP contribution in [0, 0.1) is 0 Å². The number of ether oxygens (including phenoxy) is 4. The van der Waals surface area contributed by atoms with Crippen molar-refractivity contribution < 1.29 is 23.7 Å².